The normalized spacial score (nSPS) is 10.6. The van der Waals surface area contributed by atoms with Gasteiger partial charge in [0.25, 0.3) is 0 Å². The molecule has 3 aromatic rings. The van der Waals surface area contributed by atoms with Crippen molar-refractivity contribution in [2.75, 3.05) is 10.6 Å². The van der Waals surface area contributed by atoms with E-state index in [1.54, 1.807) is 0 Å². The summed E-state index contributed by atoms with van der Waals surface area (Å²) in [5.74, 6) is -1.17. The van der Waals surface area contributed by atoms with E-state index in [-0.39, 0.29) is 5.95 Å². The summed E-state index contributed by atoms with van der Waals surface area (Å²) in [6.07, 6.45) is 2.38. The summed E-state index contributed by atoms with van der Waals surface area (Å²) in [6.45, 7) is 4.09. The van der Waals surface area contributed by atoms with E-state index >= 15 is 0 Å². The van der Waals surface area contributed by atoms with E-state index in [0.717, 1.165) is 35.4 Å². The van der Waals surface area contributed by atoms with Crippen LogP contribution in [0.25, 0.3) is 0 Å². The Labute approximate surface area is 144 Å². The average molecular weight is 341 g/mol. The maximum atomic E-state index is 13.3. The second-order valence-electron chi connectivity index (χ2n) is 5.51. The molecule has 0 aliphatic carbocycles. The van der Waals surface area contributed by atoms with Gasteiger partial charge in [-0.15, -0.1) is 5.10 Å². The number of aryl methyl sites for hydroxylation is 2. The molecule has 1 heterocycles. The van der Waals surface area contributed by atoms with E-state index in [1.807, 2.05) is 25.1 Å². The number of hydrogen-bond acceptors (Lipinski definition) is 5. The van der Waals surface area contributed by atoms with Crippen LogP contribution in [0.1, 0.15) is 18.1 Å². The lowest BCUT2D eigenvalue weighted by molar-refractivity contribution is 0.509. The average Bonchev–Trinajstić information content (AvgIpc) is 2.60. The summed E-state index contributed by atoms with van der Waals surface area (Å²) in [5.41, 5.74) is 3.56. The van der Waals surface area contributed by atoms with Crippen molar-refractivity contribution < 1.29 is 8.78 Å². The molecule has 0 saturated carbocycles. The van der Waals surface area contributed by atoms with Gasteiger partial charge in [0.1, 0.15) is 0 Å². The first-order chi connectivity index (χ1) is 12.1. The van der Waals surface area contributed by atoms with Gasteiger partial charge >= 0.3 is 0 Å². The predicted octanol–water partition coefficient (Wildman–Crippen LogP) is 4.51. The summed E-state index contributed by atoms with van der Waals surface area (Å²) in [6, 6.07) is 9.54. The molecule has 7 heteroatoms. The van der Waals surface area contributed by atoms with Crippen molar-refractivity contribution in [1.29, 1.82) is 0 Å². The van der Waals surface area contributed by atoms with Crippen molar-refractivity contribution in [3.05, 3.63) is 65.4 Å². The largest absolute Gasteiger partial charge is 0.338 e. The Kier molecular flexibility index (Phi) is 4.83. The van der Waals surface area contributed by atoms with Crippen LogP contribution in [-0.2, 0) is 6.42 Å². The molecule has 0 fully saturated rings. The fourth-order valence-corrected chi connectivity index (χ4v) is 2.45. The molecule has 1 aromatic heterocycles. The minimum Gasteiger partial charge on any atom is -0.338 e. The van der Waals surface area contributed by atoms with Gasteiger partial charge in [0.2, 0.25) is 5.95 Å². The highest BCUT2D eigenvalue weighted by Crippen LogP contribution is 2.25. The summed E-state index contributed by atoms with van der Waals surface area (Å²) < 4.78 is 26.3. The van der Waals surface area contributed by atoms with Crippen LogP contribution >= 0.6 is 0 Å². The molecule has 5 nitrogen and oxygen atoms in total. The van der Waals surface area contributed by atoms with Crippen LogP contribution in [0.3, 0.4) is 0 Å². The summed E-state index contributed by atoms with van der Waals surface area (Å²) in [5, 5.41) is 13.8. The standard InChI is InChI=1S/C18H17F2N5/c1-3-12-6-4-5-11(2)17(12)23-16-10-21-25-18(24-16)22-13-7-8-14(19)15(20)9-13/h4-10H,3H2,1-2H3,(H2,22,23,24,25). The van der Waals surface area contributed by atoms with E-state index in [2.05, 4.69) is 32.7 Å². The molecular formula is C18H17F2N5. The first-order valence-electron chi connectivity index (χ1n) is 7.84. The summed E-state index contributed by atoms with van der Waals surface area (Å²) in [7, 11) is 0. The Balaban J connectivity index is 1.83. The van der Waals surface area contributed by atoms with Gasteiger partial charge < -0.3 is 10.6 Å². The number of nitrogens with one attached hydrogen (secondary N) is 2. The molecule has 0 aliphatic heterocycles. The molecule has 0 aliphatic rings. The molecule has 0 amide bonds. The number of nitrogens with zero attached hydrogens (tertiary/aromatic N) is 3. The van der Waals surface area contributed by atoms with Crippen LogP contribution in [0.4, 0.5) is 31.9 Å². The first kappa shape index (κ1) is 16.8. The van der Waals surface area contributed by atoms with Gasteiger partial charge in [0.15, 0.2) is 17.5 Å². The van der Waals surface area contributed by atoms with Crippen molar-refractivity contribution in [2.24, 2.45) is 0 Å². The van der Waals surface area contributed by atoms with Crippen LogP contribution in [0.5, 0.6) is 0 Å². The van der Waals surface area contributed by atoms with Gasteiger partial charge in [-0.25, -0.2) is 8.78 Å². The topological polar surface area (TPSA) is 62.7 Å². The van der Waals surface area contributed by atoms with Crippen LogP contribution < -0.4 is 10.6 Å². The molecule has 3 rings (SSSR count). The smallest absolute Gasteiger partial charge is 0.249 e. The number of aromatic nitrogens is 3. The van der Waals surface area contributed by atoms with E-state index < -0.39 is 11.6 Å². The SMILES string of the molecule is CCc1cccc(C)c1Nc1cnnc(Nc2ccc(F)c(F)c2)n1. The fraction of sp³-hybridized carbons (Fsp3) is 0.167. The third kappa shape index (κ3) is 3.88. The Morgan fingerprint density at radius 1 is 1.04 bits per heavy atom. The lowest BCUT2D eigenvalue weighted by Crippen LogP contribution is -2.04. The highest BCUT2D eigenvalue weighted by Gasteiger charge is 2.08. The van der Waals surface area contributed by atoms with Crippen LogP contribution in [0.2, 0.25) is 0 Å². The zero-order chi connectivity index (χ0) is 17.8. The number of benzene rings is 2. The predicted molar refractivity (Wildman–Crippen MR) is 93.3 cm³/mol. The fourth-order valence-electron chi connectivity index (χ4n) is 2.45. The van der Waals surface area contributed by atoms with Crippen molar-refractivity contribution in [1.82, 2.24) is 15.2 Å². The van der Waals surface area contributed by atoms with E-state index in [1.165, 1.54) is 12.3 Å². The van der Waals surface area contributed by atoms with Gasteiger partial charge in [-0.1, -0.05) is 25.1 Å². The minimum absolute atomic E-state index is 0.183. The van der Waals surface area contributed by atoms with Crippen LogP contribution in [0.15, 0.2) is 42.6 Å². The van der Waals surface area contributed by atoms with Gasteiger partial charge in [0, 0.05) is 17.4 Å². The first-order valence-corrected chi connectivity index (χ1v) is 7.84. The highest BCUT2D eigenvalue weighted by molar-refractivity contribution is 5.65. The molecule has 0 saturated heterocycles. The maximum absolute atomic E-state index is 13.3. The van der Waals surface area contributed by atoms with Crippen molar-refractivity contribution in [3.8, 4) is 0 Å². The van der Waals surface area contributed by atoms with E-state index in [0.29, 0.717) is 11.5 Å². The second-order valence-corrected chi connectivity index (χ2v) is 5.51. The molecular weight excluding hydrogens is 324 g/mol. The third-order valence-electron chi connectivity index (χ3n) is 3.73. The zero-order valence-electron chi connectivity index (χ0n) is 13.8. The van der Waals surface area contributed by atoms with Gasteiger partial charge in [-0.05, 0) is 36.6 Å². The molecule has 128 valence electrons. The van der Waals surface area contributed by atoms with Crippen LogP contribution in [0, 0.1) is 18.6 Å². The number of anilines is 4. The Bertz CT molecular complexity index is 898. The molecule has 0 radical (unpaired) electrons. The van der Waals surface area contributed by atoms with Crippen LogP contribution in [-0.4, -0.2) is 15.2 Å². The highest BCUT2D eigenvalue weighted by atomic mass is 19.2. The minimum atomic E-state index is -0.945. The van der Waals surface area contributed by atoms with E-state index in [4.69, 9.17) is 0 Å². The van der Waals surface area contributed by atoms with Gasteiger partial charge in [-0.3, -0.25) is 0 Å². The number of para-hydroxylation sites is 1. The quantitative estimate of drug-likeness (QED) is 0.715. The summed E-state index contributed by atoms with van der Waals surface area (Å²) in [4.78, 5) is 4.32. The molecule has 0 spiro atoms. The lowest BCUT2D eigenvalue weighted by Gasteiger charge is -2.13. The zero-order valence-corrected chi connectivity index (χ0v) is 13.8. The van der Waals surface area contributed by atoms with Gasteiger partial charge in [0.05, 0.1) is 6.20 Å². The monoisotopic (exact) mass is 341 g/mol. The molecule has 2 aromatic carbocycles. The Morgan fingerprint density at radius 2 is 1.88 bits per heavy atom. The Hall–Kier alpha value is -3.09. The lowest BCUT2D eigenvalue weighted by atomic mass is 10.1. The molecule has 0 unspecified atom stereocenters. The number of rotatable bonds is 5. The second kappa shape index (κ2) is 7.21. The van der Waals surface area contributed by atoms with Gasteiger partial charge in [-0.2, -0.15) is 10.1 Å². The molecule has 2 N–H and O–H groups in total. The maximum Gasteiger partial charge on any atom is 0.249 e. The molecule has 0 bridgehead atoms. The number of halogens is 2. The van der Waals surface area contributed by atoms with Crippen molar-refractivity contribution in [3.63, 3.8) is 0 Å². The number of hydrogen-bond donors (Lipinski definition) is 2. The molecule has 25 heavy (non-hydrogen) atoms. The van der Waals surface area contributed by atoms with E-state index in [9.17, 15) is 8.78 Å². The van der Waals surface area contributed by atoms with Crippen molar-refractivity contribution >= 4 is 23.1 Å². The Morgan fingerprint density at radius 3 is 2.64 bits per heavy atom. The summed E-state index contributed by atoms with van der Waals surface area (Å²) >= 11 is 0. The third-order valence-corrected chi connectivity index (χ3v) is 3.73. The molecule has 0 atom stereocenters. The van der Waals surface area contributed by atoms with Crippen molar-refractivity contribution in [2.45, 2.75) is 20.3 Å².